The molecule has 1 aromatic carbocycles. The van der Waals surface area contributed by atoms with E-state index in [1.54, 1.807) is 23.1 Å². The zero-order valence-corrected chi connectivity index (χ0v) is 11.1. The smallest absolute Gasteiger partial charge is 0.255 e. The van der Waals surface area contributed by atoms with Crippen molar-refractivity contribution in [2.75, 3.05) is 25.4 Å². The number of rotatable bonds is 2. The highest BCUT2D eigenvalue weighted by molar-refractivity contribution is 6.36. The standard InChI is InChI=1S/C13H17ClN2O2/c1-2-9-8-16(6-7-18-9)13(17)10-4-3-5-11(15)12(10)14/h3-5,9H,2,6-8,15H2,1H3. The Kier molecular flexibility index (Phi) is 4.09. The Balaban J connectivity index is 2.18. The van der Waals surface area contributed by atoms with Gasteiger partial charge in [0.15, 0.2) is 0 Å². The summed E-state index contributed by atoms with van der Waals surface area (Å²) in [7, 11) is 0. The monoisotopic (exact) mass is 268 g/mol. The maximum Gasteiger partial charge on any atom is 0.255 e. The van der Waals surface area contributed by atoms with Crippen LogP contribution in [0.2, 0.25) is 5.02 Å². The number of nitrogens with zero attached hydrogens (tertiary/aromatic N) is 1. The molecule has 1 atom stereocenters. The molecule has 1 unspecified atom stereocenters. The van der Waals surface area contributed by atoms with Crippen molar-refractivity contribution in [2.24, 2.45) is 0 Å². The number of nitrogens with two attached hydrogens (primary N) is 1. The Bertz CT molecular complexity index is 451. The maximum absolute atomic E-state index is 12.4. The molecule has 98 valence electrons. The fourth-order valence-electron chi connectivity index (χ4n) is 2.04. The Morgan fingerprint density at radius 2 is 2.39 bits per heavy atom. The quantitative estimate of drug-likeness (QED) is 0.837. The fourth-order valence-corrected chi connectivity index (χ4v) is 2.24. The molecule has 0 radical (unpaired) electrons. The summed E-state index contributed by atoms with van der Waals surface area (Å²) in [5.41, 5.74) is 6.61. The third kappa shape index (κ3) is 2.60. The van der Waals surface area contributed by atoms with E-state index >= 15 is 0 Å². The van der Waals surface area contributed by atoms with Crippen LogP contribution in [0.25, 0.3) is 0 Å². The van der Waals surface area contributed by atoms with Gasteiger partial charge in [-0.25, -0.2) is 0 Å². The molecule has 2 rings (SSSR count). The summed E-state index contributed by atoms with van der Waals surface area (Å²) < 4.78 is 5.55. The largest absolute Gasteiger partial charge is 0.398 e. The first-order valence-electron chi connectivity index (χ1n) is 6.08. The van der Waals surface area contributed by atoms with Crippen molar-refractivity contribution >= 4 is 23.2 Å². The molecule has 0 aliphatic carbocycles. The number of benzene rings is 1. The van der Waals surface area contributed by atoms with Gasteiger partial charge in [0.1, 0.15) is 0 Å². The Morgan fingerprint density at radius 3 is 3.11 bits per heavy atom. The van der Waals surface area contributed by atoms with Crippen molar-refractivity contribution in [3.63, 3.8) is 0 Å². The van der Waals surface area contributed by atoms with Gasteiger partial charge in [-0.05, 0) is 18.6 Å². The van der Waals surface area contributed by atoms with E-state index in [9.17, 15) is 4.79 Å². The van der Waals surface area contributed by atoms with Crippen molar-refractivity contribution in [1.29, 1.82) is 0 Å². The molecule has 2 N–H and O–H groups in total. The molecule has 0 bridgehead atoms. The predicted molar refractivity (Wildman–Crippen MR) is 71.8 cm³/mol. The number of nitrogen functional groups attached to an aromatic ring is 1. The molecule has 1 aliphatic rings. The molecule has 1 amide bonds. The third-order valence-electron chi connectivity index (χ3n) is 3.14. The van der Waals surface area contributed by atoms with Gasteiger partial charge in [0.05, 0.1) is 29.0 Å². The summed E-state index contributed by atoms with van der Waals surface area (Å²) in [5, 5.41) is 0.335. The third-order valence-corrected chi connectivity index (χ3v) is 3.56. The summed E-state index contributed by atoms with van der Waals surface area (Å²) in [6.07, 6.45) is 1.01. The van der Waals surface area contributed by atoms with E-state index in [-0.39, 0.29) is 12.0 Å². The number of ether oxygens (including phenoxy) is 1. The van der Waals surface area contributed by atoms with E-state index in [1.807, 2.05) is 6.92 Å². The van der Waals surface area contributed by atoms with Crippen molar-refractivity contribution in [3.05, 3.63) is 28.8 Å². The summed E-state index contributed by atoms with van der Waals surface area (Å²) in [6, 6.07) is 5.14. The molecule has 1 aliphatic heterocycles. The van der Waals surface area contributed by atoms with Crippen molar-refractivity contribution in [1.82, 2.24) is 4.90 Å². The number of hydrogen-bond acceptors (Lipinski definition) is 3. The summed E-state index contributed by atoms with van der Waals surface area (Å²) >= 11 is 6.07. The molecule has 1 aromatic rings. The first-order valence-corrected chi connectivity index (χ1v) is 6.46. The van der Waals surface area contributed by atoms with E-state index < -0.39 is 0 Å². The lowest BCUT2D eigenvalue weighted by atomic mass is 10.1. The predicted octanol–water partition coefficient (Wildman–Crippen LogP) is 2.17. The second-order valence-corrected chi connectivity index (χ2v) is 4.74. The molecule has 0 saturated carbocycles. The number of amides is 1. The van der Waals surface area contributed by atoms with E-state index in [0.29, 0.717) is 36.0 Å². The highest BCUT2D eigenvalue weighted by Crippen LogP contribution is 2.25. The number of anilines is 1. The molecule has 18 heavy (non-hydrogen) atoms. The van der Waals surface area contributed by atoms with Crippen LogP contribution < -0.4 is 5.73 Å². The summed E-state index contributed by atoms with van der Waals surface area (Å²) in [6.45, 7) is 3.83. The van der Waals surface area contributed by atoms with Gasteiger partial charge in [-0.15, -0.1) is 0 Å². The maximum atomic E-state index is 12.4. The van der Waals surface area contributed by atoms with E-state index in [0.717, 1.165) is 6.42 Å². The van der Waals surface area contributed by atoms with Crippen molar-refractivity contribution in [3.8, 4) is 0 Å². The first-order chi connectivity index (χ1) is 8.63. The van der Waals surface area contributed by atoms with Crippen molar-refractivity contribution < 1.29 is 9.53 Å². The van der Waals surface area contributed by atoms with Crippen LogP contribution in [-0.2, 0) is 4.74 Å². The van der Waals surface area contributed by atoms with E-state index in [2.05, 4.69) is 0 Å². The average Bonchev–Trinajstić information content (AvgIpc) is 2.41. The molecule has 5 heteroatoms. The minimum absolute atomic E-state index is 0.0750. The van der Waals surface area contributed by atoms with Gasteiger partial charge >= 0.3 is 0 Å². The second-order valence-electron chi connectivity index (χ2n) is 4.36. The molecule has 1 heterocycles. The van der Waals surface area contributed by atoms with E-state index in [1.165, 1.54) is 0 Å². The number of carbonyl (C=O) groups excluding carboxylic acids is 1. The second kappa shape index (κ2) is 5.59. The fraction of sp³-hybridized carbons (Fsp3) is 0.462. The lowest BCUT2D eigenvalue weighted by molar-refractivity contribution is -0.0226. The minimum Gasteiger partial charge on any atom is -0.398 e. The number of morpholine rings is 1. The first kappa shape index (κ1) is 13.2. The average molecular weight is 269 g/mol. The van der Waals surface area contributed by atoms with Crippen LogP contribution in [0.5, 0.6) is 0 Å². The Labute approximate surface area is 112 Å². The molecule has 1 saturated heterocycles. The highest BCUT2D eigenvalue weighted by atomic mass is 35.5. The van der Waals surface area contributed by atoms with Gasteiger partial charge in [-0.2, -0.15) is 0 Å². The van der Waals surface area contributed by atoms with Crippen LogP contribution in [0.4, 0.5) is 5.69 Å². The lowest BCUT2D eigenvalue weighted by Crippen LogP contribution is -2.45. The number of hydrogen-bond donors (Lipinski definition) is 1. The van der Waals surface area contributed by atoms with Gasteiger partial charge in [0.2, 0.25) is 0 Å². The zero-order valence-electron chi connectivity index (χ0n) is 10.4. The van der Waals surface area contributed by atoms with Crippen LogP contribution in [0.3, 0.4) is 0 Å². The molecule has 1 fully saturated rings. The van der Waals surface area contributed by atoms with Gasteiger partial charge in [0, 0.05) is 13.1 Å². The topological polar surface area (TPSA) is 55.6 Å². The van der Waals surface area contributed by atoms with Crippen LogP contribution >= 0.6 is 11.6 Å². The molecule has 4 nitrogen and oxygen atoms in total. The van der Waals surface area contributed by atoms with Gasteiger partial charge in [-0.3, -0.25) is 4.79 Å². The van der Waals surface area contributed by atoms with Crippen LogP contribution in [0, 0.1) is 0 Å². The van der Waals surface area contributed by atoms with Gasteiger partial charge in [0.25, 0.3) is 5.91 Å². The van der Waals surface area contributed by atoms with Gasteiger partial charge < -0.3 is 15.4 Å². The molecule has 0 aromatic heterocycles. The minimum atomic E-state index is -0.0750. The number of halogens is 1. The zero-order chi connectivity index (χ0) is 13.1. The SMILES string of the molecule is CCC1CN(C(=O)c2cccc(N)c2Cl)CCO1. The lowest BCUT2D eigenvalue weighted by Gasteiger charge is -2.32. The van der Waals surface area contributed by atoms with Crippen LogP contribution in [-0.4, -0.2) is 36.6 Å². The van der Waals surface area contributed by atoms with E-state index in [4.69, 9.17) is 22.1 Å². The highest BCUT2D eigenvalue weighted by Gasteiger charge is 2.25. The van der Waals surface area contributed by atoms with Crippen molar-refractivity contribution in [2.45, 2.75) is 19.4 Å². The Morgan fingerprint density at radius 1 is 1.61 bits per heavy atom. The summed E-state index contributed by atoms with van der Waals surface area (Å²) in [4.78, 5) is 14.1. The molecular weight excluding hydrogens is 252 g/mol. The molecule has 0 spiro atoms. The number of carbonyl (C=O) groups is 1. The van der Waals surface area contributed by atoms with Crippen LogP contribution in [0.1, 0.15) is 23.7 Å². The normalized spacial score (nSPS) is 19.9. The molecular formula is C13H17ClN2O2. The van der Waals surface area contributed by atoms with Gasteiger partial charge in [-0.1, -0.05) is 24.6 Å². The Hall–Kier alpha value is -1.26. The summed E-state index contributed by atoms with van der Waals surface area (Å²) in [5.74, 6) is -0.0750. The van der Waals surface area contributed by atoms with Crippen LogP contribution in [0.15, 0.2) is 18.2 Å².